The first-order valence-corrected chi connectivity index (χ1v) is 12.0. The first-order chi connectivity index (χ1) is 18.5. The number of methoxy groups -OCH3 is 1. The van der Waals surface area contributed by atoms with Gasteiger partial charge in [0.25, 0.3) is 0 Å². The van der Waals surface area contributed by atoms with Crippen LogP contribution in [0.15, 0.2) is 36.8 Å². The number of hydrogen-bond donors (Lipinski definition) is 1. The Kier molecular flexibility index (Phi) is 6.93. The van der Waals surface area contributed by atoms with Crippen LogP contribution in [0.5, 0.6) is 11.8 Å². The third kappa shape index (κ3) is 5.53. The van der Waals surface area contributed by atoms with Crippen LogP contribution in [0, 0.1) is 5.82 Å². The van der Waals surface area contributed by atoms with Gasteiger partial charge in [0.1, 0.15) is 30.1 Å². The highest BCUT2D eigenvalue weighted by Crippen LogP contribution is 2.45. The molecule has 0 radical (unpaired) electrons. The molecule has 1 unspecified atom stereocenters. The van der Waals surface area contributed by atoms with Crippen LogP contribution < -0.4 is 9.47 Å². The monoisotopic (exact) mass is 544 g/mol. The number of aromatic nitrogens is 6. The first kappa shape index (κ1) is 26.5. The molecular weight excluding hydrogens is 520 g/mol. The fourth-order valence-electron chi connectivity index (χ4n) is 4.10. The lowest BCUT2D eigenvalue weighted by Gasteiger charge is -2.14. The van der Waals surface area contributed by atoms with Crippen LogP contribution in [-0.4, -0.2) is 41.7 Å². The van der Waals surface area contributed by atoms with E-state index in [1.807, 2.05) is 0 Å². The van der Waals surface area contributed by atoms with E-state index < -0.39 is 23.8 Å². The van der Waals surface area contributed by atoms with E-state index in [-0.39, 0.29) is 35.6 Å². The predicted molar refractivity (Wildman–Crippen MR) is 130 cm³/mol. The van der Waals surface area contributed by atoms with Crippen molar-refractivity contribution in [2.24, 2.45) is 7.05 Å². The summed E-state index contributed by atoms with van der Waals surface area (Å²) in [6.45, 7) is 1.44. The number of alkyl halides is 3. The molecule has 39 heavy (non-hydrogen) atoms. The maximum absolute atomic E-state index is 14.9. The molecule has 5 rings (SSSR count). The average molecular weight is 545 g/mol. The Bertz CT molecular complexity index is 1520. The SMILES string of the molecule is COc1ncnc(C2CC2)c1-c1nc(OCc2ccc(-c3nc(C(F)(F)F)cn3C)c(F)c2)cc(C(C)O)n1. The van der Waals surface area contributed by atoms with Crippen LogP contribution in [-0.2, 0) is 19.8 Å². The standard InChI is InChI=1S/C26H24F4N6O3/c1-13(37)18-9-20(35-23(33-18)21-22(15-5-6-15)31-12-32-25(21)38-3)39-11-14-4-7-16(17(27)8-14)24-34-19(10-36(24)2)26(28,29)30/h4,7-10,12-13,15,37H,5-6,11H2,1-3H3. The Balaban J connectivity index is 1.43. The zero-order chi connectivity index (χ0) is 27.9. The number of benzene rings is 1. The molecule has 0 bridgehead atoms. The molecule has 0 amide bonds. The molecule has 3 aromatic heterocycles. The highest BCUT2D eigenvalue weighted by molar-refractivity contribution is 5.66. The molecule has 1 fully saturated rings. The third-order valence-corrected chi connectivity index (χ3v) is 6.20. The van der Waals surface area contributed by atoms with Gasteiger partial charge in [-0.25, -0.2) is 24.3 Å². The van der Waals surface area contributed by atoms with E-state index in [1.54, 1.807) is 6.92 Å². The lowest BCUT2D eigenvalue weighted by Crippen LogP contribution is -2.07. The van der Waals surface area contributed by atoms with Gasteiger partial charge >= 0.3 is 6.18 Å². The lowest BCUT2D eigenvalue weighted by atomic mass is 10.1. The average Bonchev–Trinajstić information content (AvgIpc) is 3.67. The van der Waals surface area contributed by atoms with E-state index in [9.17, 15) is 22.7 Å². The van der Waals surface area contributed by atoms with E-state index in [1.165, 1.54) is 38.7 Å². The van der Waals surface area contributed by atoms with Crippen LogP contribution in [0.2, 0.25) is 0 Å². The summed E-state index contributed by atoms with van der Waals surface area (Å²) in [6.07, 6.45) is -1.44. The smallest absolute Gasteiger partial charge is 0.434 e. The largest absolute Gasteiger partial charge is 0.480 e. The normalized spacial score (nSPS) is 14.4. The van der Waals surface area contributed by atoms with E-state index in [0.717, 1.165) is 35.4 Å². The number of aliphatic hydroxyl groups is 1. The molecule has 1 saturated carbocycles. The summed E-state index contributed by atoms with van der Waals surface area (Å²) >= 11 is 0. The third-order valence-electron chi connectivity index (χ3n) is 6.20. The van der Waals surface area contributed by atoms with Crippen molar-refractivity contribution >= 4 is 0 Å². The van der Waals surface area contributed by atoms with Crippen LogP contribution in [0.25, 0.3) is 22.8 Å². The number of halogens is 4. The van der Waals surface area contributed by atoms with E-state index >= 15 is 0 Å². The van der Waals surface area contributed by atoms with E-state index in [0.29, 0.717) is 22.7 Å². The van der Waals surface area contributed by atoms with Crippen LogP contribution >= 0.6 is 0 Å². The van der Waals surface area contributed by atoms with Crippen molar-refractivity contribution < 1.29 is 32.1 Å². The number of nitrogens with zero attached hydrogens (tertiary/aromatic N) is 6. The van der Waals surface area contributed by atoms with E-state index in [2.05, 4.69) is 24.9 Å². The molecule has 4 aromatic rings. The number of aliphatic hydroxyl groups excluding tert-OH is 1. The molecule has 1 aliphatic rings. The zero-order valence-electron chi connectivity index (χ0n) is 21.2. The number of rotatable bonds is 8. The summed E-state index contributed by atoms with van der Waals surface area (Å²) < 4.78 is 66.4. The maximum Gasteiger partial charge on any atom is 0.434 e. The molecule has 1 aliphatic carbocycles. The van der Waals surface area contributed by atoms with Crippen LogP contribution in [0.3, 0.4) is 0 Å². The Morgan fingerprint density at radius 3 is 2.51 bits per heavy atom. The Morgan fingerprint density at radius 1 is 1.13 bits per heavy atom. The van der Waals surface area contributed by atoms with Crippen LogP contribution in [0.1, 0.15) is 54.4 Å². The van der Waals surface area contributed by atoms with Gasteiger partial charge in [0.2, 0.25) is 11.8 Å². The topological polar surface area (TPSA) is 108 Å². The summed E-state index contributed by atoms with van der Waals surface area (Å²) in [4.78, 5) is 21.1. The molecule has 1 atom stereocenters. The van der Waals surface area contributed by atoms with Gasteiger partial charge in [-0.15, -0.1) is 0 Å². The van der Waals surface area contributed by atoms with E-state index in [4.69, 9.17) is 9.47 Å². The second-order valence-electron chi connectivity index (χ2n) is 9.21. The van der Waals surface area contributed by atoms with Gasteiger partial charge in [-0.2, -0.15) is 18.2 Å². The Labute approximate surface area is 220 Å². The summed E-state index contributed by atoms with van der Waals surface area (Å²) in [7, 11) is 2.84. The number of hydrogen-bond acceptors (Lipinski definition) is 8. The quantitative estimate of drug-likeness (QED) is 0.309. The fraction of sp³-hybridized carbons (Fsp3) is 0.346. The van der Waals surface area contributed by atoms with Crippen molar-refractivity contribution in [1.82, 2.24) is 29.5 Å². The maximum atomic E-state index is 14.9. The molecule has 204 valence electrons. The molecule has 0 saturated heterocycles. The fourth-order valence-corrected chi connectivity index (χ4v) is 4.10. The lowest BCUT2D eigenvalue weighted by molar-refractivity contribution is -0.140. The van der Waals surface area contributed by atoms with Gasteiger partial charge in [-0.3, -0.25) is 0 Å². The molecule has 9 nitrogen and oxygen atoms in total. The number of imidazole rings is 1. The highest BCUT2D eigenvalue weighted by Gasteiger charge is 2.35. The van der Waals surface area contributed by atoms with Gasteiger partial charge in [0, 0.05) is 25.2 Å². The minimum absolute atomic E-state index is 0.0822. The van der Waals surface area contributed by atoms with Gasteiger partial charge in [-0.1, -0.05) is 6.07 Å². The van der Waals surface area contributed by atoms with Gasteiger partial charge in [-0.05, 0) is 37.5 Å². The zero-order valence-corrected chi connectivity index (χ0v) is 21.2. The second-order valence-corrected chi connectivity index (χ2v) is 9.21. The Morgan fingerprint density at radius 2 is 1.90 bits per heavy atom. The predicted octanol–water partition coefficient (Wildman–Crippen LogP) is 5.01. The van der Waals surface area contributed by atoms with Crippen LogP contribution in [0.4, 0.5) is 17.6 Å². The molecular formula is C26H24F4N6O3. The minimum atomic E-state index is -4.64. The van der Waals surface area contributed by atoms with Gasteiger partial charge in [0.15, 0.2) is 11.5 Å². The van der Waals surface area contributed by atoms with Crippen molar-refractivity contribution in [1.29, 1.82) is 0 Å². The number of aryl methyl sites for hydroxylation is 1. The van der Waals surface area contributed by atoms with Crippen molar-refractivity contribution in [3.05, 3.63) is 65.3 Å². The molecule has 1 aromatic carbocycles. The number of ether oxygens (including phenoxy) is 2. The Hall–Kier alpha value is -4.13. The molecule has 3 heterocycles. The minimum Gasteiger partial charge on any atom is -0.480 e. The first-order valence-electron chi connectivity index (χ1n) is 12.0. The summed E-state index contributed by atoms with van der Waals surface area (Å²) in [5.41, 5.74) is 0.764. The summed E-state index contributed by atoms with van der Waals surface area (Å²) in [5.74, 6) is -0.0492. The van der Waals surface area contributed by atoms with Gasteiger partial charge < -0.3 is 19.1 Å². The molecule has 0 spiro atoms. The van der Waals surface area contributed by atoms with Crippen molar-refractivity contribution in [2.75, 3.05) is 7.11 Å². The van der Waals surface area contributed by atoms with Crippen molar-refractivity contribution in [2.45, 2.75) is 44.6 Å². The second kappa shape index (κ2) is 10.2. The van der Waals surface area contributed by atoms with Gasteiger partial charge in [0.05, 0.1) is 30.2 Å². The van der Waals surface area contributed by atoms with Crippen molar-refractivity contribution in [3.63, 3.8) is 0 Å². The molecule has 1 N–H and O–H groups in total. The molecule has 13 heteroatoms. The highest BCUT2D eigenvalue weighted by atomic mass is 19.4. The summed E-state index contributed by atoms with van der Waals surface area (Å²) in [6, 6.07) is 5.50. The van der Waals surface area contributed by atoms with Crippen molar-refractivity contribution in [3.8, 4) is 34.5 Å². The summed E-state index contributed by atoms with van der Waals surface area (Å²) in [5, 5.41) is 10.2. The molecule has 0 aliphatic heterocycles.